The number of likely N-dealkylation sites (N-methyl/N-ethyl adjacent to an activating group) is 1. The van der Waals surface area contributed by atoms with Gasteiger partial charge in [0.2, 0.25) is 11.8 Å². The van der Waals surface area contributed by atoms with E-state index in [0.717, 1.165) is 30.2 Å². The number of nitrogens with zero attached hydrogens (tertiary/aromatic N) is 4. The minimum atomic E-state index is -0.304. The van der Waals surface area contributed by atoms with Gasteiger partial charge in [0.05, 0.1) is 17.2 Å². The van der Waals surface area contributed by atoms with Crippen LogP contribution in [0.15, 0.2) is 5.38 Å². The highest BCUT2D eigenvalue weighted by Gasteiger charge is 2.40. The molecule has 1 aromatic heterocycles. The first-order chi connectivity index (χ1) is 10.0. The summed E-state index contributed by atoms with van der Waals surface area (Å²) in [7, 11) is 1.70. The van der Waals surface area contributed by atoms with E-state index in [1.807, 2.05) is 6.92 Å². The third-order valence-electron chi connectivity index (χ3n) is 4.17. The number of hydrogen-bond acceptors (Lipinski definition) is 5. The van der Waals surface area contributed by atoms with Crippen molar-refractivity contribution in [2.75, 3.05) is 39.8 Å². The van der Waals surface area contributed by atoms with E-state index < -0.39 is 0 Å². The number of thiazole rings is 1. The zero-order chi connectivity index (χ0) is 15.0. The summed E-state index contributed by atoms with van der Waals surface area (Å²) in [4.78, 5) is 34.2. The Morgan fingerprint density at radius 3 is 2.90 bits per heavy atom. The first-order valence-corrected chi connectivity index (χ1v) is 8.10. The lowest BCUT2D eigenvalue weighted by molar-refractivity contribution is -0.158. The predicted octanol–water partition coefficient (Wildman–Crippen LogP) is -0.0212. The molecule has 0 unspecified atom stereocenters. The molecule has 0 saturated carbocycles. The van der Waals surface area contributed by atoms with Crippen LogP contribution in [-0.4, -0.2) is 77.3 Å². The Kier molecular flexibility index (Phi) is 3.95. The standard InChI is InChI=1S/C14H20N4O2S/c1-10-15-11(9-21-10)3-4-17-5-6-18-12(7-17)14(20)16(2)8-13(18)19/h9,12H,3-8H2,1-2H3/t12-/m0/s1. The minimum absolute atomic E-state index is 0.0591. The number of carbonyl (C=O) groups excluding carboxylic acids is 2. The molecule has 3 heterocycles. The highest BCUT2D eigenvalue weighted by molar-refractivity contribution is 7.09. The second-order valence-electron chi connectivity index (χ2n) is 5.71. The minimum Gasteiger partial charge on any atom is -0.335 e. The summed E-state index contributed by atoms with van der Waals surface area (Å²) in [5.41, 5.74) is 1.11. The lowest BCUT2D eigenvalue weighted by Crippen LogP contribution is -2.66. The Morgan fingerprint density at radius 1 is 1.38 bits per heavy atom. The fraction of sp³-hybridized carbons (Fsp3) is 0.643. The third kappa shape index (κ3) is 2.94. The van der Waals surface area contributed by atoms with Gasteiger partial charge in [0.15, 0.2) is 0 Å². The molecule has 2 fully saturated rings. The first-order valence-electron chi connectivity index (χ1n) is 7.22. The van der Waals surface area contributed by atoms with Gasteiger partial charge in [-0.2, -0.15) is 0 Å². The molecule has 6 nitrogen and oxygen atoms in total. The number of carbonyl (C=O) groups is 2. The van der Waals surface area contributed by atoms with E-state index in [4.69, 9.17) is 0 Å². The maximum Gasteiger partial charge on any atom is 0.246 e. The fourth-order valence-electron chi connectivity index (χ4n) is 2.97. The fourth-order valence-corrected chi connectivity index (χ4v) is 3.62. The summed E-state index contributed by atoms with van der Waals surface area (Å²) in [5, 5.41) is 3.18. The lowest BCUT2D eigenvalue weighted by atomic mass is 10.1. The molecule has 0 spiro atoms. The Labute approximate surface area is 128 Å². The van der Waals surface area contributed by atoms with Crippen molar-refractivity contribution in [3.05, 3.63) is 16.1 Å². The van der Waals surface area contributed by atoms with Crippen molar-refractivity contribution in [3.8, 4) is 0 Å². The second kappa shape index (κ2) is 5.73. The van der Waals surface area contributed by atoms with E-state index in [-0.39, 0.29) is 24.4 Å². The van der Waals surface area contributed by atoms with Gasteiger partial charge in [-0.15, -0.1) is 11.3 Å². The monoisotopic (exact) mass is 308 g/mol. The number of rotatable bonds is 3. The molecule has 1 atom stereocenters. The van der Waals surface area contributed by atoms with Crippen LogP contribution in [0.5, 0.6) is 0 Å². The first kappa shape index (κ1) is 14.5. The largest absolute Gasteiger partial charge is 0.335 e. The molecule has 2 aliphatic rings. The Bertz CT molecular complexity index is 559. The number of fused-ring (bicyclic) bond motifs is 1. The number of aryl methyl sites for hydroxylation is 1. The van der Waals surface area contributed by atoms with Gasteiger partial charge in [-0.25, -0.2) is 4.98 Å². The molecule has 0 aliphatic carbocycles. The van der Waals surface area contributed by atoms with Gasteiger partial charge in [-0.1, -0.05) is 0 Å². The summed E-state index contributed by atoms with van der Waals surface area (Å²) >= 11 is 1.67. The van der Waals surface area contributed by atoms with Crippen LogP contribution in [0.2, 0.25) is 0 Å². The number of piperazine rings is 2. The number of amides is 2. The normalized spacial score (nSPS) is 23.6. The molecule has 2 amide bonds. The lowest BCUT2D eigenvalue weighted by Gasteiger charge is -2.45. The Hall–Kier alpha value is -1.47. The van der Waals surface area contributed by atoms with Crippen LogP contribution >= 0.6 is 11.3 Å². The molecular weight excluding hydrogens is 288 g/mol. The van der Waals surface area contributed by atoms with Crippen LogP contribution in [0.4, 0.5) is 0 Å². The second-order valence-corrected chi connectivity index (χ2v) is 6.77. The highest BCUT2D eigenvalue weighted by Crippen LogP contribution is 2.17. The molecule has 7 heteroatoms. The van der Waals surface area contributed by atoms with E-state index in [0.29, 0.717) is 13.1 Å². The summed E-state index contributed by atoms with van der Waals surface area (Å²) < 4.78 is 0. The van der Waals surface area contributed by atoms with Crippen molar-refractivity contribution >= 4 is 23.2 Å². The Balaban J connectivity index is 1.60. The molecule has 2 aliphatic heterocycles. The van der Waals surface area contributed by atoms with E-state index in [2.05, 4.69) is 15.3 Å². The molecule has 114 valence electrons. The van der Waals surface area contributed by atoms with Crippen LogP contribution in [0.1, 0.15) is 10.7 Å². The van der Waals surface area contributed by atoms with Crippen LogP contribution in [0, 0.1) is 6.92 Å². The quantitative estimate of drug-likeness (QED) is 0.787. The molecule has 0 N–H and O–H groups in total. The van der Waals surface area contributed by atoms with Crippen molar-refractivity contribution in [2.24, 2.45) is 0 Å². The van der Waals surface area contributed by atoms with Crippen molar-refractivity contribution in [3.63, 3.8) is 0 Å². The predicted molar refractivity (Wildman–Crippen MR) is 80.1 cm³/mol. The van der Waals surface area contributed by atoms with Gasteiger partial charge >= 0.3 is 0 Å². The summed E-state index contributed by atoms with van der Waals surface area (Å²) in [6, 6.07) is -0.304. The molecule has 0 radical (unpaired) electrons. The van der Waals surface area contributed by atoms with Crippen LogP contribution < -0.4 is 0 Å². The molecule has 1 aromatic rings. The van der Waals surface area contributed by atoms with Crippen molar-refractivity contribution in [1.29, 1.82) is 0 Å². The third-order valence-corrected chi connectivity index (χ3v) is 4.99. The average molecular weight is 308 g/mol. The summed E-state index contributed by atoms with van der Waals surface area (Å²) in [5.74, 6) is 0.126. The molecule has 2 saturated heterocycles. The smallest absolute Gasteiger partial charge is 0.246 e. The van der Waals surface area contributed by atoms with E-state index in [9.17, 15) is 9.59 Å². The SMILES string of the molecule is Cc1nc(CCN2CCN3C(=O)CN(C)C(=O)[C@@H]3C2)cs1. The van der Waals surface area contributed by atoms with Gasteiger partial charge in [0.25, 0.3) is 0 Å². The van der Waals surface area contributed by atoms with Gasteiger partial charge in [-0.05, 0) is 6.92 Å². The van der Waals surface area contributed by atoms with E-state index >= 15 is 0 Å². The Morgan fingerprint density at radius 2 is 2.19 bits per heavy atom. The van der Waals surface area contributed by atoms with E-state index in [1.54, 1.807) is 23.3 Å². The maximum atomic E-state index is 12.2. The molecule has 0 aromatic carbocycles. The molecule has 0 bridgehead atoms. The number of hydrogen-bond donors (Lipinski definition) is 0. The molecule has 21 heavy (non-hydrogen) atoms. The maximum absolute atomic E-state index is 12.2. The van der Waals surface area contributed by atoms with Gasteiger partial charge in [0, 0.05) is 45.0 Å². The zero-order valence-electron chi connectivity index (χ0n) is 12.4. The summed E-state index contributed by atoms with van der Waals surface area (Å²) in [6.07, 6.45) is 0.898. The molecule has 3 rings (SSSR count). The van der Waals surface area contributed by atoms with Gasteiger partial charge in [0.1, 0.15) is 6.04 Å². The van der Waals surface area contributed by atoms with Crippen molar-refractivity contribution in [2.45, 2.75) is 19.4 Å². The topological polar surface area (TPSA) is 56.8 Å². The average Bonchev–Trinajstić information content (AvgIpc) is 2.88. The number of aromatic nitrogens is 1. The highest BCUT2D eigenvalue weighted by atomic mass is 32.1. The summed E-state index contributed by atoms with van der Waals surface area (Å²) in [6.45, 7) is 5.24. The van der Waals surface area contributed by atoms with Gasteiger partial charge in [-0.3, -0.25) is 14.5 Å². The van der Waals surface area contributed by atoms with Crippen LogP contribution in [-0.2, 0) is 16.0 Å². The van der Waals surface area contributed by atoms with Crippen LogP contribution in [0.25, 0.3) is 0 Å². The van der Waals surface area contributed by atoms with Crippen molar-refractivity contribution in [1.82, 2.24) is 19.7 Å². The molecular formula is C14H20N4O2S. The van der Waals surface area contributed by atoms with E-state index in [1.165, 1.54) is 4.90 Å². The van der Waals surface area contributed by atoms with Gasteiger partial charge < -0.3 is 9.80 Å². The van der Waals surface area contributed by atoms with Crippen LogP contribution in [0.3, 0.4) is 0 Å². The zero-order valence-corrected chi connectivity index (χ0v) is 13.2. The van der Waals surface area contributed by atoms with Crippen molar-refractivity contribution < 1.29 is 9.59 Å².